The van der Waals surface area contributed by atoms with Gasteiger partial charge in [-0.2, -0.15) is 4.58 Å². The lowest BCUT2D eigenvalue weighted by Crippen LogP contribution is -2.31. The van der Waals surface area contributed by atoms with Crippen molar-refractivity contribution in [2.75, 3.05) is 19.3 Å². The van der Waals surface area contributed by atoms with E-state index in [-0.39, 0.29) is 5.75 Å². The van der Waals surface area contributed by atoms with Crippen LogP contribution < -0.4 is 16.3 Å². The molecule has 4 heteroatoms. The molecular formula is C11H12N3O+. The van der Waals surface area contributed by atoms with Crippen molar-refractivity contribution in [1.29, 1.82) is 0 Å². The van der Waals surface area contributed by atoms with Gasteiger partial charge >= 0.3 is 0 Å². The Bertz CT molecular complexity index is 614. The summed E-state index contributed by atoms with van der Waals surface area (Å²) in [5.41, 5.74) is 8.18. The topological polar surface area (TPSA) is 61.6 Å². The summed E-state index contributed by atoms with van der Waals surface area (Å²) in [6.07, 6.45) is 2.98. The fraction of sp³-hybridized carbons (Fsp3) is 0.273. The van der Waals surface area contributed by atoms with Crippen LogP contribution in [0.15, 0.2) is 11.1 Å². The van der Waals surface area contributed by atoms with Gasteiger partial charge in [0.1, 0.15) is 7.05 Å². The molecule has 2 aliphatic rings. The summed E-state index contributed by atoms with van der Waals surface area (Å²) in [4.78, 5) is 4.42. The zero-order valence-corrected chi connectivity index (χ0v) is 8.49. The Kier molecular flexibility index (Phi) is 1.46. The first-order valence-electron chi connectivity index (χ1n) is 4.95. The molecular weight excluding hydrogens is 190 g/mol. The third-order valence-corrected chi connectivity index (χ3v) is 2.97. The maximum atomic E-state index is 9.91. The minimum absolute atomic E-state index is 0.166. The van der Waals surface area contributed by atoms with Crippen molar-refractivity contribution in [2.24, 2.45) is 4.99 Å². The van der Waals surface area contributed by atoms with Crippen LogP contribution in [0.2, 0.25) is 0 Å². The van der Waals surface area contributed by atoms with E-state index in [1.54, 1.807) is 6.07 Å². The molecule has 2 aliphatic heterocycles. The van der Waals surface area contributed by atoms with Gasteiger partial charge in [0.25, 0.3) is 5.69 Å². The monoisotopic (exact) mass is 202 g/mol. The molecule has 3 N–H and O–H groups in total. The molecule has 1 aromatic carbocycles. The second kappa shape index (κ2) is 2.59. The van der Waals surface area contributed by atoms with Crippen molar-refractivity contribution >= 4 is 23.2 Å². The van der Waals surface area contributed by atoms with E-state index >= 15 is 0 Å². The van der Waals surface area contributed by atoms with E-state index in [0.29, 0.717) is 5.69 Å². The molecule has 0 radical (unpaired) electrons. The first-order valence-corrected chi connectivity index (χ1v) is 4.95. The maximum absolute atomic E-state index is 9.91. The number of nitrogens with two attached hydrogens (primary N) is 1. The average Bonchev–Trinajstić information content (AvgIpc) is 2.53. The number of hydrogen-bond donors (Lipinski definition) is 2. The Morgan fingerprint density at radius 3 is 3.13 bits per heavy atom. The third kappa shape index (κ3) is 0.960. The normalized spacial score (nSPS) is 17.1. The van der Waals surface area contributed by atoms with Crippen molar-refractivity contribution in [3.63, 3.8) is 0 Å². The molecule has 15 heavy (non-hydrogen) atoms. The smallest absolute Gasteiger partial charge is 0.259 e. The van der Waals surface area contributed by atoms with Crippen LogP contribution >= 0.6 is 0 Å². The van der Waals surface area contributed by atoms with Crippen LogP contribution in [0.1, 0.15) is 6.42 Å². The van der Waals surface area contributed by atoms with Crippen LogP contribution in [-0.4, -0.2) is 29.5 Å². The number of hydrogen-bond acceptors (Lipinski definition) is 3. The van der Waals surface area contributed by atoms with Crippen LogP contribution in [0.5, 0.6) is 5.75 Å². The minimum Gasteiger partial charge on any atom is -0.501 e. The first-order chi connectivity index (χ1) is 7.18. The summed E-state index contributed by atoms with van der Waals surface area (Å²) < 4.78 is 1.92. The Morgan fingerprint density at radius 2 is 2.33 bits per heavy atom. The van der Waals surface area contributed by atoms with Gasteiger partial charge in [0.05, 0.1) is 16.3 Å². The largest absolute Gasteiger partial charge is 0.501 e. The second-order valence-corrected chi connectivity index (χ2v) is 3.95. The highest BCUT2D eigenvalue weighted by molar-refractivity contribution is 6.03. The first kappa shape index (κ1) is 8.47. The standard InChI is InChI=1S/C11H11N3O/c1-14-5-6-2-3-13-8-4-7(12)11(15)10(14)9(6)8/h4-5H,2-3H2,1H3,(H2,12,13)/p+1. The number of anilines is 1. The van der Waals surface area contributed by atoms with E-state index in [9.17, 15) is 5.11 Å². The summed E-state index contributed by atoms with van der Waals surface area (Å²) in [7, 11) is 1.92. The lowest BCUT2D eigenvalue weighted by atomic mass is 10.1. The molecule has 0 aliphatic carbocycles. The fourth-order valence-electron chi connectivity index (χ4n) is 2.30. The zero-order chi connectivity index (χ0) is 10.6. The highest BCUT2D eigenvalue weighted by Gasteiger charge is 2.27. The Morgan fingerprint density at radius 1 is 1.53 bits per heavy atom. The number of aromatic hydroxyl groups is 1. The van der Waals surface area contributed by atoms with Crippen molar-refractivity contribution in [3.05, 3.63) is 16.6 Å². The number of nitrogen functional groups attached to an aromatic ring is 1. The molecule has 0 atom stereocenters. The molecule has 0 aromatic heterocycles. The molecule has 0 bridgehead atoms. The Labute approximate surface area is 86.7 Å². The van der Waals surface area contributed by atoms with Crippen molar-refractivity contribution in [3.8, 4) is 5.75 Å². The van der Waals surface area contributed by atoms with Crippen LogP contribution in [0.4, 0.5) is 11.4 Å². The van der Waals surface area contributed by atoms with Gasteiger partial charge in [-0.15, -0.1) is 0 Å². The van der Waals surface area contributed by atoms with Gasteiger partial charge in [-0.3, -0.25) is 4.99 Å². The third-order valence-electron chi connectivity index (χ3n) is 2.97. The van der Waals surface area contributed by atoms with Gasteiger partial charge < -0.3 is 10.8 Å². The lowest BCUT2D eigenvalue weighted by molar-refractivity contribution is -0.397. The molecule has 0 saturated heterocycles. The van der Waals surface area contributed by atoms with Gasteiger partial charge in [0.15, 0.2) is 6.21 Å². The number of benzene rings is 1. The molecule has 0 amide bonds. The van der Waals surface area contributed by atoms with E-state index < -0.39 is 0 Å². The number of phenols is 1. The van der Waals surface area contributed by atoms with Gasteiger partial charge in [0, 0.05) is 12.1 Å². The molecule has 1 aromatic rings. The Balaban J connectivity index is 2.58. The van der Waals surface area contributed by atoms with E-state index in [0.717, 1.165) is 29.2 Å². The highest BCUT2D eigenvalue weighted by atomic mass is 16.3. The Hall–Kier alpha value is -1.84. The van der Waals surface area contributed by atoms with Crippen LogP contribution in [0.3, 0.4) is 0 Å². The quantitative estimate of drug-likeness (QED) is 0.339. The summed E-state index contributed by atoms with van der Waals surface area (Å²) >= 11 is 0. The van der Waals surface area contributed by atoms with Crippen LogP contribution in [0.25, 0.3) is 5.57 Å². The van der Waals surface area contributed by atoms with Gasteiger partial charge in [-0.25, -0.2) is 0 Å². The summed E-state index contributed by atoms with van der Waals surface area (Å²) in [5, 5.41) is 11.9. The van der Waals surface area contributed by atoms with Crippen molar-refractivity contribution < 1.29 is 9.68 Å². The van der Waals surface area contributed by atoms with E-state index in [4.69, 9.17) is 5.73 Å². The summed E-state index contributed by atoms with van der Waals surface area (Å²) in [6.45, 7) is 0.802. The summed E-state index contributed by atoms with van der Waals surface area (Å²) in [6, 6.07) is 1.75. The van der Waals surface area contributed by atoms with Crippen LogP contribution in [0, 0.1) is 0 Å². The molecule has 0 fully saturated rings. The molecule has 0 unspecified atom stereocenters. The van der Waals surface area contributed by atoms with E-state index in [1.807, 2.05) is 17.8 Å². The molecule has 4 nitrogen and oxygen atoms in total. The molecule has 0 spiro atoms. The second-order valence-electron chi connectivity index (χ2n) is 3.95. The molecule has 2 heterocycles. The zero-order valence-electron chi connectivity index (χ0n) is 8.49. The fourth-order valence-corrected chi connectivity index (χ4v) is 2.30. The van der Waals surface area contributed by atoms with Gasteiger partial charge in [-0.05, 0) is 12.5 Å². The SMILES string of the molecule is C[N+]1=CC2=c3c1c(O)c(N)cc3=NCC2. The van der Waals surface area contributed by atoms with Crippen molar-refractivity contribution in [1.82, 2.24) is 0 Å². The van der Waals surface area contributed by atoms with Crippen molar-refractivity contribution in [2.45, 2.75) is 6.42 Å². The number of rotatable bonds is 0. The maximum Gasteiger partial charge on any atom is 0.259 e. The average molecular weight is 202 g/mol. The molecule has 0 saturated carbocycles. The van der Waals surface area contributed by atoms with Gasteiger partial charge in [0.2, 0.25) is 5.75 Å². The minimum atomic E-state index is 0.166. The lowest BCUT2D eigenvalue weighted by Gasteiger charge is -2.04. The molecule has 3 rings (SSSR count). The highest BCUT2D eigenvalue weighted by Crippen LogP contribution is 2.29. The van der Waals surface area contributed by atoms with E-state index in [2.05, 4.69) is 4.99 Å². The van der Waals surface area contributed by atoms with Gasteiger partial charge in [-0.1, -0.05) is 0 Å². The predicted octanol–water partition coefficient (Wildman–Crippen LogP) is -0.493. The van der Waals surface area contributed by atoms with Crippen LogP contribution in [-0.2, 0) is 0 Å². The molecule has 76 valence electrons. The summed E-state index contributed by atoms with van der Waals surface area (Å²) in [5.74, 6) is 0.166. The number of phenolic OH excluding ortho intramolecular Hbond substituents is 1. The predicted molar refractivity (Wildman–Crippen MR) is 58.1 cm³/mol. The number of nitrogens with zero attached hydrogens (tertiary/aromatic N) is 2. The van der Waals surface area contributed by atoms with E-state index in [1.165, 1.54) is 5.57 Å².